The van der Waals surface area contributed by atoms with Gasteiger partial charge in [-0.1, -0.05) is 12.1 Å². The summed E-state index contributed by atoms with van der Waals surface area (Å²) in [5, 5.41) is 7.26. The molecular formula is C19H22FN5O. The fourth-order valence-electron chi connectivity index (χ4n) is 3.69. The average Bonchev–Trinajstić information content (AvgIpc) is 3.36. The zero-order valence-corrected chi connectivity index (χ0v) is 14.7. The molecule has 0 bridgehead atoms. The largest absolute Gasteiger partial charge is 0.350 e. The third-order valence-electron chi connectivity index (χ3n) is 5.07. The first kappa shape index (κ1) is 16.8. The molecule has 1 N–H and O–H groups in total. The van der Waals surface area contributed by atoms with Crippen LogP contribution in [-0.2, 0) is 7.05 Å². The molecule has 0 radical (unpaired) electrons. The van der Waals surface area contributed by atoms with Gasteiger partial charge in [0, 0.05) is 26.0 Å². The van der Waals surface area contributed by atoms with Gasteiger partial charge in [-0.05, 0) is 43.6 Å². The summed E-state index contributed by atoms with van der Waals surface area (Å²) in [5.74, 6) is -0.392. The van der Waals surface area contributed by atoms with Crippen molar-refractivity contribution in [2.45, 2.75) is 18.9 Å². The molecule has 1 fully saturated rings. The van der Waals surface area contributed by atoms with Crippen LogP contribution in [0.2, 0.25) is 0 Å². The third-order valence-corrected chi connectivity index (χ3v) is 5.07. The Kier molecular flexibility index (Phi) is 4.46. The number of amides is 1. The van der Waals surface area contributed by atoms with Crippen LogP contribution in [0.25, 0.3) is 5.65 Å². The predicted molar refractivity (Wildman–Crippen MR) is 96.4 cm³/mol. The number of benzene rings is 1. The van der Waals surface area contributed by atoms with Crippen LogP contribution in [0.15, 0.2) is 42.9 Å². The fraction of sp³-hybridized carbons (Fsp3) is 0.368. The van der Waals surface area contributed by atoms with Crippen LogP contribution in [0.4, 0.5) is 4.39 Å². The monoisotopic (exact) mass is 355 g/mol. The normalized spacial score (nSPS) is 16.2. The molecular weight excluding hydrogens is 333 g/mol. The number of likely N-dealkylation sites (tertiary alicyclic amines) is 1. The molecule has 7 heteroatoms. The lowest BCUT2D eigenvalue weighted by molar-refractivity contribution is 0.0939. The van der Waals surface area contributed by atoms with Crippen LogP contribution in [-0.4, -0.2) is 44.6 Å². The van der Waals surface area contributed by atoms with Crippen molar-refractivity contribution in [1.29, 1.82) is 0 Å². The number of carbonyl (C=O) groups is 1. The van der Waals surface area contributed by atoms with E-state index in [1.165, 1.54) is 12.1 Å². The molecule has 136 valence electrons. The number of hydrogen-bond donors (Lipinski definition) is 1. The topological polar surface area (TPSA) is 54.6 Å². The SMILES string of the molecule is Cn1ccn2ncc(C(=O)NCC(c3ccc(F)cc3)N3CCCC3)c12. The number of imidazole rings is 1. The number of nitrogens with zero attached hydrogens (tertiary/aromatic N) is 4. The van der Waals surface area contributed by atoms with Gasteiger partial charge < -0.3 is 9.88 Å². The Hall–Kier alpha value is -2.67. The van der Waals surface area contributed by atoms with Gasteiger partial charge in [-0.3, -0.25) is 9.69 Å². The summed E-state index contributed by atoms with van der Waals surface area (Å²) < 4.78 is 16.9. The molecule has 0 saturated carbocycles. The number of nitrogens with one attached hydrogen (secondary N) is 1. The fourth-order valence-corrected chi connectivity index (χ4v) is 3.69. The van der Waals surface area contributed by atoms with Crippen LogP contribution < -0.4 is 5.32 Å². The minimum Gasteiger partial charge on any atom is -0.350 e. The van der Waals surface area contributed by atoms with E-state index < -0.39 is 0 Å². The summed E-state index contributed by atoms with van der Waals surface area (Å²) in [5.41, 5.74) is 2.34. The van der Waals surface area contributed by atoms with Crippen LogP contribution in [0.5, 0.6) is 0 Å². The van der Waals surface area contributed by atoms with Gasteiger partial charge in [-0.15, -0.1) is 0 Å². The highest BCUT2D eigenvalue weighted by Gasteiger charge is 2.25. The minimum atomic E-state index is -0.246. The van der Waals surface area contributed by atoms with Crippen molar-refractivity contribution in [3.8, 4) is 0 Å². The molecule has 6 nitrogen and oxygen atoms in total. The van der Waals surface area contributed by atoms with Gasteiger partial charge in [0.15, 0.2) is 0 Å². The van der Waals surface area contributed by atoms with E-state index in [9.17, 15) is 9.18 Å². The first-order chi connectivity index (χ1) is 12.6. The number of aromatic nitrogens is 3. The van der Waals surface area contributed by atoms with Crippen molar-refractivity contribution in [3.63, 3.8) is 0 Å². The number of hydrogen-bond acceptors (Lipinski definition) is 3. The smallest absolute Gasteiger partial charge is 0.256 e. The van der Waals surface area contributed by atoms with E-state index in [0.29, 0.717) is 12.1 Å². The molecule has 1 aliphatic rings. The van der Waals surface area contributed by atoms with Gasteiger partial charge in [0.05, 0.1) is 12.2 Å². The van der Waals surface area contributed by atoms with E-state index in [1.807, 2.05) is 24.0 Å². The molecule has 1 unspecified atom stereocenters. The maximum atomic E-state index is 13.3. The van der Waals surface area contributed by atoms with E-state index in [-0.39, 0.29) is 17.8 Å². The Bertz CT molecular complexity index is 908. The Morgan fingerprint density at radius 1 is 1.23 bits per heavy atom. The van der Waals surface area contributed by atoms with Crippen molar-refractivity contribution in [2.24, 2.45) is 7.05 Å². The first-order valence-corrected chi connectivity index (χ1v) is 8.90. The second-order valence-electron chi connectivity index (χ2n) is 6.76. The van der Waals surface area contributed by atoms with E-state index in [0.717, 1.165) is 37.1 Å². The Balaban J connectivity index is 1.53. The van der Waals surface area contributed by atoms with E-state index in [1.54, 1.807) is 22.8 Å². The van der Waals surface area contributed by atoms with Crippen molar-refractivity contribution in [3.05, 3.63) is 59.8 Å². The van der Waals surface area contributed by atoms with Gasteiger partial charge in [0.25, 0.3) is 5.91 Å². The molecule has 1 amide bonds. The lowest BCUT2D eigenvalue weighted by Crippen LogP contribution is -2.36. The van der Waals surface area contributed by atoms with E-state index in [2.05, 4.69) is 15.3 Å². The predicted octanol–water partition coefficient (Wildman–Crippen LogP) is 2.38. The zero-order valence-electron chi connectivity index (χ0n) is 14.7. The van der Waals surface area contributed by atoms with Crippen LogP contribution >= 0.6 is 0 Å². The molecule has 1 aromatic carbocycles. The summed E-state index contributed by atoms with van der Waals surface area (Å²) in [7, 11) is 1.89. The van der Waals surface area contributed by atoms with Crippen molar-refractivity contribution in [2.75, 3.05) is 19.6 Å². The van der Waals surface area contributed by atoms with Crippen LogP contribution in [0.1, 0.15) is 34.8 Å². The minimum absolute atomic E-state index is 0.0431. The number of aryl methyl sites for hydroxylation is 1. The second kappa shape index (κ2) is 6.92. The number of fused-ring (bicyclic) bond motifs is 1. The zero-order chi connectivity index (χ0) is 18.1. The summed E-state index contributed by atoms with van der Waals surface area (Å²) in [4.78, 5) is 15.1. The number of carbonyl (C=O) groups excluding carboxylic acids is 1. The maximum absolute atomic E-state index is 13.3. The summed E-state index contributed by atoms with van der Waals surface area (Å²) in [6, 6.07) is 6.61. The standard InChI is InChI=1S/C19H22FN5O/c1-23-10-11-25-19(23)16(12-22-25)18(26)21-13-17(24-8-2-3-9-24)14-4-6-15(20)7-5-14/h4-7,10-12,17H,2-3,8-9,13H2,1H3,(H,21,26). The van der Waals surface area contributed by atoms with Gasteiger partial charge in [0.1, 0.15) is 17.0 Å². The summed E-state index contributed by atoms with van der Waals surface area (Å²) >= 11 is 0. The molecule has 3 heterocycles. The quantitative estimate of drug-likeness (QED) is 0.765. The second-order valence-corrected chi connectivity index (χ2v) is 6.76. The Morgan fingerprint density at radius 3 is 2.69 bits per heavy atom. The van der Waals surface area contributed by atoms with Gasteiger partial charge in [0.2, 0.25) is 0 Å². The number of halogens is 1. The number of rotatable bonds is 5. The summed E-state index contributed by atoms with van der Waals surface area (Å²) in [6.45, 7) is 2.47. The van der Waals surface area contributed by atoms with Crippen molar-refractivity contribution >= 4 is 11.6 Å². The molecule has 1 saturated heterocycles. The summed E-state index contributed by atoms with van der Waals surface area (Å²) in [6.07, 6.45) is 7.58. The first-order valence-electron chi connectivity index (χ1n) is 8.90. The van der Waals surface area contributed by atoms with Crippen molar-refractivity contribution in [1.82, 2.24) is 24.4 Å². The van der Waals surface area contributed by atoms with E-state index >= 15 is 0 Å². The van der Waals surface area contributed by atoms with Crippen molar-refractivity contribution < 1.29 is 9.18 Å². The lowest BCUT2D eigenvalue weighted by Gasteiger charge is -2.28. The van der Waals surface area contributed by atoms with Gasteiger partial charge in [-0.25, -0.2) is 8.91 Å². The molecule has 26 heavy (non-hydrogen) atoms. The van der Waals surface area contributed by atoms with Crippen LogP contribution in [0, 0.1) is 5.82 Å². The highest BCUT2D eigenvalue weighted by molar-refractivity contribution is 5.99. The molecule has 3 aromatic rings. The maximum Gasteiger partial charge on any atom is 0.256 e. The molecule has 4 rings (SSSR count). The van der Waals surface area contributed by atoms with Gasteiger partial charge >= 0.3 is 0 Å². The highest BCUT2D eigenvalue weighted by atomic mass is 19.1. The molecule has 2 aromatic heterocycles. The highest BCUT2D eigenvalue weighted by Crippen LogP contribution is 2.25. The molecule has 0 aliphatic carbocycles. The van der Waals surface area contributed by atoms with E-state index in [4.69, 9.17) is 0 Å². The Morgan fingerprint density at radius 2 is 1.96 bits per heavy atom. The average molecular weight is 355 g/mol. The molecule has 1 aliphatic heterocycles. The van der Waals surface area contributed by atoms with Crippen LogP contribution in [0.3, 0.4) is 0 Å². The van der Waals surface area contributed by atoms with Gasteiger partial charge in [-0.2, -0.15) is 5.10 Å². The lowest BCUT2D eigenvalue weighted by atomic mass is 10.1. The molecule has 0 spiro atoms. The Labute approximate surface area is 151 Å². The molecule has 1 atom stereocenters. The third kappa shape index (κ3) is 3.10.